The second kappa shape index (κ2) is 6.27. The summed E-state index contributed by atoms with van der Waals surface area (Å²) in [4.78, 5) is 2.37. The Morgan fingerprint density at radius 3 is 2.63 bits per heavy atom. The van der Waals surface area contributed by atoms with E-state index in [4.69, 9.17) is 14.6 Å². The van der Waals surface area contributed by atoms with Gasteiger partial charge in [-0.3, -0.25) is 0 Å². The number of methoxy groups -OCH3 is 1. The molecule has 2 aromatic carbocycles. The van der Waals surface area contributed by atoms with Crippen molar-refractivity contribution in [2.75, 3.05) is 27.2 Å². The van der Waals surface area contributed by atoms with Gasteiger partial charge in [0.25, 0.3) is 0 Å². The first-order chi connectivity index (χ1) is 13.2. The van der Waals surface area contributed by atoms with Gasteiger partial charge in [0.2, 0.25) is 5.72 Å². The maximum Gasteiger partial charge on any atom is 0.200 e. The lowest BCUT2D eigenvalue weighted by Gasteiger charge is -2.50. The predicted molar refractivity (Wildman–Crippen MR) is 105 cm³/mol. The van der Waals surface area contributed by atoms with Gasteiger partial charge in [-0.1, -0.05) is 30.3 Å². The summed E-state index contributed by atoms with van der Waals surface area (Å²) < 4.78 is 12.2. The minimum Gasteiger partial charge on any atom is -0.496 e. The first-order valence-corrected chi connectivity index (χ1v) is 9.67. The number of nitrogens with zero attached hydrogens (tertiary/aromatic N) is 3. The molecule has 5 nitrogen and oxygen atoms in total. The van der Waals surface area contributed by atoms with Gasteiger partial charge in [-0.15, -0.1) is 0 Å². The van der Waals surface area contributed by atoms with Crippen LogP contribution in [-0.2, 0) is 0 Å². The number of hydrogen-bond donors (Lipinski definition) is 0. The number of benzene rings is 2. The molecule has 1 spiro atoms. The molecule has 0 amide bonds. The van der Waals surface area contributed by atoms with Crippen molar-refractivity contribution in [2.24, 2.45) is 5.10 Å². The number of para-hydroxylation sites is 2. The smallest absolute Gasteiger partial charge is 0.200 e. The first kappa shape index (κ1) is 16.6. The van der Waals surface area contributed by atoms with Gasteiger partial charge in [-0.05, 0) is 25.2 Å². The number of ether oxygens (including phenoxy) is 2. The van der Waals surface area contributed by atoms with Crippen molar-refractivity contribution in [3.8, 4) is 11.5 Å². The summed E-state index contributed by atoms with van der Waals surface area (Å²) in [5, 5.41) is 7.37. The zero-order valence-corrected chi connectivity index (χ0v) is 15.9. The third kappa shape index (κ3) is 2.60. The molecule has 27 heavy (non-hydrogen) atoms. The van der Waals surface area contributed by atoms with Crippen molar-refractivity contribution in [2.45, 2.75) is 31.0 Å². The van der Waals surface area contributed by atoms with Crippen LogP contribution in [0.3, 0.4) is 0 Å². The average Bonchev–Trinajstić information content (AvgIpc) is 3.17. The average molecular weight is 363 g/mol. The fraction of sp³-hybridized carbons (Fsp3) is 0.409. The minimum absolute atomic E-state index is 0.221. The molecule has 0 N–H and O–H groups in total. The maximum atomic E-state index is 6.62. The lowest BCUT2D eigenvalue weighted by atomic mass is 9.91. The molecule has 0 bridgehead atoms. The van der Waals surface area contributed by atoms with Crippen LogP contribution in [0.25, 0.3) is 0 Å². The molecule has 5 rings (SSSR count). The molecule has 2 aromatic rings. The zero-order valence-electron chi connectivity index (χ0n) is 15.9. The van der Waals surface area contributed by atoms with Crippen LogP contribution in [0.5, 0.6) is 11.5 Å². The van der Waals surface area contributed by atoms with E-state index >= 15 is 0 Å². The lowest BCUT2D eigenvalue weighted by molar-refractivity contribution is -0.147. The molecule has 0 saturated carbocycles. The second-order valence-corrected chi connectivity index (χ2v) is 7.70. The highest BCUT2D eigenvalue weighted by Gasteiger charge is 2.51. The molecular weight excluding hydrogens is 338 g/mol. The summed E-state index contributed by atoms with van der Waals surface area (Å²) in [5.74, 6) is 1.89. The Bertz CT molecular complexity index is 887. The molecule has 3 aliphatic heterocycles. The molecule has 1 saturated heterocycles. The quantitative estimate of drug-likeness (QED) is 0.816. The summed E-state index contributed by atoms with van der Waals surface area (Å²) in [5.41, 5.74) is 3.04. The number of likely N-dealkylation sites (tertiary alicyclic amines) is 1. The van der Waals surface area contributed by atoms with E-state index in [0.717, 1.165) is 55.1 Å². The van der Waals surface area contributed by atoms with E-state index in [0.29, 0.717) is 0 Å². The van der Waals surface area contributed by atoms with Crippen molar-refractivity contribution in [1.82, 2.24) is 9.91 Å². The molecule has 3 heterocycles. The Balaban J connectivity index is 1.59. The molecule has 1 fully saturated rings. The van der Waals surface area contributed by atoms with Crippen LogP contribution in [0.4, 0.5) is 0 Å². The fourth-order valence-electron chi connectivity index (χ4n) is 4.57. The predicted octanol–water partition coefficient (Wildman–Crippen LogP) is 3.66. The van der Waals surface area contributed by atoms with E-state index in [2.05, 4.69) is 47.3 Å². The third-order valence-electron chi connectivity index (χ3n) is 6.09. The van der Waals surface area contributed by atoms with Gasteiger partial charge >= 0.3 is 0 Å². The highest BCUT2D eigenvalue weighted by atomic mass is 16.5. The van der Waals surface area contributed by atoms with E-state index in [1.807, 2.05) is 18.2 Å². The standard InChI is InChI=1S/C22H25N3O2/c1-24-13-11-22(12-14-24)25-19(17-8-4-6-10-21(17)27-22)15-18(23-25)16-7-3-5-9-20(16)26-2/h3-10,19H,11-15H2,1-2H3. The molecule has 5 heteroatoms. The molecule has 140 valence electrons. The Hall–Kier alpha value is -2.53. The van der Waals surface area contributed by atoms with Gasteiger partial charge < -0.3 is 14.4 Å². The Morgan fingerprint density at radius 2 is 1.81 bits per heavy atom. The topological polar surface area (TPSA) is 37.3 Å². The normalized spacial score (nSPS) is 23.4. The fourth-order valence-corrected chi connectivity index (χ4v) is 4.57. The summed E-state index contributed by atoms with van der Waals surface area (Å²) >= 11 is 0. The highest BCUT2D eigenvalue weighted by Crippen LogP contribution is 2.50. The third-order valence-corrected chi connectivity index (χ3v) is 6.09. The zero-order chi connectivity index (χ0) is 18.4. The van der Waals surface area contributed by atoms with Crippen LogP contribution in [-0.4, -0.2) is 48.6 Å². The van der Waals surface area contributed by atoms with Crippen molar-refractivity contribution in [3.63, 3.8) is 0 Å². The number of rotatable bonds is 2. The van der Waals surface area contributed by atoms with E-state index in [9.17, 15) is 0 Å². The lowest BCUT2D eigenvalue weighted by Crippen LogP contribution is -2.58. The van der Waals surface area contributed by atoms with Crippen molar-refractivity contribution < 1.29 is 9.47 Å². The van der Waals surface area contributed by atoms with Crippen LogP contribution in [0.2, 0.25) is 0 Å². The maximum absolute atomic E-state index is 6.62. The van der Waals surface area contributed by atoms with Gasteiger partial charge in [0, 0.05) is 43.5 Å². The largest absolute Gasteiger partial charge is 0.496 e. The van der Waals surface area contributed by atoms with Gasteiger partial charge in [0.1, 0.15) is 11.5 Å². The Morgan fingerprint density at radius 1 is 1.07 bits per heavy atom. The van der Waals surface area contributed by atoms with Crippen molar-refractivity contribution in [1.29, 1.82) is 0 Å². The highest BCUT2D eigenvalue weighted by molar-refractivity contribution is 6.04. The summed E-state index contributed by atoms with van der Waals surface area (Å²) in [7, 11) is 3.90. The van der Waals surface area contributed by atoms with Gasteiger partial charge in [-0.2, -0.15) is 5.10 Å². The second-order valence-electron chi connectivity index (χ2n) is 7.70. The molecule has 3 aliphatic rings. The minimum atomic E-state index is -0.352. The van der Waals surface area contributed by atoms with Crippen molar-refractivity contribution >= 4 is 5.71 Å². The van der Waals surface area contributed by atoms with Gasteiger partial charge in [-0.25, -0.2) is 5.01 Å². The Labute approximate surface area is 160 Å². The SMILES string of the molecule is COc1ccccc1C1=NN2C(C1)c1ccccc1OC21CCN(C)CC1. The summed E-state index contributed by atoms with van der Waals surface area (Å²) in [6.07, 6.45) is 2.78. The molecule has 1 unspecified atom stereocenters. The van der Waals surface area contributed by atoms with E-state index < -0.39 is 0 Å². The molecule has 0 aliphatic carbocycles. The first-order valence-electron chi connectivity index (χ1n) is 9.67. The Kier molecular flexibility index (Phi) is 3.86. The summed E-state index contributed by atoms with van der Waals surface area (Å²) in [6, 6.07) is 16.8. The number of hydrazone groups is 1. The van der Waals surface area contributed by atoms with E-state index in [1.54, 1.807) is 7.11 Å². The molecule has 1 atom stereocenters. The summed E-state index contributed by atoms with van der Waals surface area (Å²) in [6.45, 7) is 2.04. The number of piperidine rings is 1. The monoisotopic (exact) mass is 363 g/mol. The van der Waals surface area contributed by atoms with Gasteiger partial charge in [0.05, 0.1) is 18.9 Å². The molecule has 0 radical (unpaired) electrons. The van der Waals surface area contributed by atoms with E-state index in [-0.39, 0.29) is 11.8 Å². The molecule has 0 aromatic heterocycles. The molecular formula is C22H25N3O2. The van der Waals surface area contributed by atoms with Crippen LogP contribution in [0.15, 0.2) is 53.6 Å². The van der Waals surface area contributed by atoms with Crippen LogP contribution < -0.4 is 9.47 Å². The van der Waals surface area contributed by atoms with E-state index in [1.165, 1.54) is 5.56 Å². The van der Waals surface area contributed by atoms with Gasteiger partial charge in [0.15, 0.2) is 0 Å². The number of fused-ring (bicyclic) bond motifs is 4. The number of hydrogen-bond acceptors (Lipinski definition) is 5. The van der Waals surface area contributed by atoms with Crippen LogP contribution in [0, 0.1) is 0 Å². The van der Waals surface area contributed by atoms with Crippen molar-refractivity contribution in [3.05, 3.63) is 59.7 Å². The van der Waals surface area contributed by atoms with Crippen LogP contribution in [0.1, 0.15) is 36.4 Å². The van der Waals surface area contributed by atoms with Crippen LogP contribution >= 0.6 is 0 Å².